The molecule has 0 saturated heterocycles. The summed E-state index contributed by atoms with van der Waals surface area (Å²) in [6.45, 7) is 0. The lowest BCUT2D eigenvalue weighted by atomic mass is 9.98. The average Bonchev–Trinajstić information content (AvgIpc) is 3.52. The quantitative estimate of drug-likeness (QED) is 0.189. The highest BCUT2D eigenvalue weighted by Crippen LogP contribution is 2.44. The van der Waals surface area contributed by atoms with Crippen LogP contribution in [0.15, 0.2) is 176 Å². The van der Waals surface area contributed by atoms with Gasteiger partial charge in [0.25, 0.3) is 0 Å². The molecule has 0 bridgehead atoms. The van der Waals surface area contributed by atoms with Crippen LogP contribution in [0.25, 0.3) is 64.0 Å². The van der Waals surface area contributed by atoms with Crippen molar-refractivity contribution in [2.24, 2.45) is 0 Å². The molecule has 0 unspecified atom stereocenters. The SMILES string of the molecule is c1ccc(-c2ccc(N(c3ccc(-c4cccc5ccccc45)cc3)c3cccc4c3ccc3c5ccccc5sc43)cc2)cc1. The number of hydrogen-bond donors (Lipinski definition) is 0. The molecule has 8 aromatic carbocycles. The third kappa shape index (κ3) is 4.46. The van der Waals surface area contributed by atoms with Gasteiger partial charge < -0.3 is 4.90 Å². The Hall–Kier alpha value is -5.70. The van der Waals surface area contributed by atoms with Crippen LogP contribution in [0.5, 0.6) is 0 Å². The van der Waals surface area contributed by atoms with E-state index in [2.05, 4.69) is 181 Å². The Morgan fingerprint density at radius 1 is 0.348 bits per heavy atom. The van der Waals surface area contributed by atoms with Gasteiger partial charge in [-0.2, -0.15) is 0 Å². The maximum absolute atomic E-state index is 2.41. The molecule has 0 amide bonds. The van der Waals surface area contributed by atoms with E-state index in [0.717, 1.165) is 11.4 Å². The van der Waals surface area contributed by atoms with Crippen LogP contribution in [-0.4, -0.2) is 0 Å². The monoisotopic (exact) mass is 603 g/mol. The van der Waals surface area contributed by atoms with Gasteiger partial charge in [0.15, 0.2) is 0 Å². The van der Waals surface area contributed by atoms with Gasteiger partial charge in [0, 0.05) is 42.3 Å². The molecule has 0 N–H and O–H groups in total. The minimum Gasteiger partial charge on any atom is -0.310 e. The molecule has 2 heteroatoms. The minimum absolute atomic E-state index is 1.13. The lowest BCUT2D eigenvalue weighted by molar-refractivity contribution is 1.30. The molecule has 1 nitrogen and oxygen atoms in total. The Balaban J connectivity index is 1.22. The largest absolute Gasteiger partial charge is 0.310 e. The molecule has 0 aliphatic heterocycles. The number of thiophene rings is 1. The fraction of sp³-hybridized carbons (Fsp3) is 0. The van der Waals surface area contributed by atoms with E-state index in [1.54, 1.807) is 0 Å². The Morgan fingerprint density at radius 3 is 1.72 bits per heavy atom. The van der Waals surface area contributed by atoms with Gasteiger partial charge in [0.05, 0.1) is 5.69 Å². The van der Waals surface area contributed by atoms with E-state index in [1.165, 1.54) is 69.7 Å². The first-order chi connectivity index (χ1) is 22.8. The van der Waals surface area contributed by atoms with Gasteiger partial charge in [-0.25, -0.2) is 0 Å². The molecule has 9 aromatic rings. The molecule has 1 aromatic heterocycles. The van der Waals surface area contributed by atoms with Crippen LogP contribution in [0.2, 0.25) is 0 Å². The van der Waals surface area contributed by atoms with E-state index in [4.69, 9.17) is 0 Å². The molecule has 9 rings (SSSR count). The van der Waals surface area contributed by atoms with Gasteiger partial charge >= 0.3 is 0 Å². The Labute approximate surface area is 272 Å². The number of fused-ring (bicyclic) bond motifs is 6. The molecule has 0 aliphatic rings. The predicted octanol–water partition coefficient (Wildman–Crippen LogP) is 13.2. The van der Waals surface area contributed by atoms with E-state index >= 15 is 0 Å². The van der Waals surface area contributed by atoms with Crippen LogP contribution in [0.4, 0.5) is 17.1 Å². The van der Waals surface area contributed by atoms with Crippen LogP contribution >= 0.6 is 11.3 Å². The van der Waals surface area contributed by atoms with Gasteiger partial charge in [-0.1, -0.05) is 140 Å². The summed E-state index contributed by atoms with van der Waals surface area (Å²) in [5.74, 6) is 0. The predicted molar refractivity (Wildman–Crippen MR) is 200 cm³/mol. The molecule has 216 valence electrons. The minimum atomic E-state index is 1.13. The summed E-state index contributed by atoms with van der Waals surface area (Å²) in [5, 5.41) is 7.71. The third-order valence-corrected chi connectivity index (χ3v) is 10.3. The number of anilines is 3. The summed E-state index contributed by atoms with van der Waals surface area (Å²) < 4.78 is 2.67. The summed E-state index contributed by atoms with van der Waals surface area (Å²) in [7, 11) is 0. The summed E-state index contributed by atoms with van der Waals surface area (Å²) in [4.78, 5) is 2.41. The molecule has 0 aliphatic carbocycles. The molecular weight excluding hydrogens is 575 g/mol. The third-order valence-electron chi connectivity index (χ3n) is 9.08. The number of rotatable bonds is 5. The normalized spacial score (nSPS) is 11.5. The van der Waals surface area contributed by atoms with Crippen molar-refractivity contribution in [3.63, 3.8) is 0 Å². The summed E-state index contributed by atoms with van der Waals surface area (Å²) in [6.07, 6.45) is 0. The van der Waals surface area contributed by atoms with E-state index in [1.807, 2.05) is 11.3 Å². The van der Waals surface area contributed by atoms with Crippen LogP contribution in [0.3, 0.4) is 0 Å². The fourth-order valence-electron chi connectivity index (χ4n) is 6.85. The summed E-state index contributed by atoms with van der Waals surface area (Å²) in [5.41, 5.74) is 8.31. The molecule has 0 radical (unpaired) electrons. The summed E-state index contributed by atoms with van der Waals surface area (Å²) in [6, 6.07) is 63.9. The van der Waals surface area contributed by atoms with Crippen molar-refractivity contribution in [1.82, 2.24) is 0 Å². The van der Waals surface area contributed by atoms with Crippen LogP contribution in [0.1, 0.15) is 0 Å². The van der Waals surface area contributed by atoms with Gasteiger partial charge in [-0.05, 0) is 69.4 Å². The maximum Gasteiger partial charge on any atom is 0.0540 e. The lowest BCUT2D eigenvalue weighted by Crippen LogP contribution is -2.10. The fourth-order valence-corrected chi connectivity index (χ4v) is 8.08. The lowest BCUT2D eigenvalue weighted by Gasteiger charge is -2.27. The molecule has 1 heterocycles. The molecule has 0 saturated carbocycles. The molecule has 0 fully saturated rings. The van der Waals surface area contributed by atoms with E-state index < -0.39 is 0 Å². The Kier molecular flexibility index (Phi) is 6.40. The van der Waals surface area contributed by atoms with Crippen molar-refractivity contribution in [3.05, 3.63) is 176 Å². The Morgan fingerprint density at radius 2 is 0.913 bits per heavy atom. The summed E-state index contributed by atoms with van der Waals surface area (Å²) >= 11 is 1.88. The van der Waals surface area contributed by atoms with Gasteiger partial charge in [0.1, 0.15) is 0 Å². The average molecular weight is 604 g/mol. The van der Waals surface area contributed by atoms with Gasteiger partial charge in [-0.15, -0.1) is 11.3 Å². The highest BCUT2D eigenvalue weighted by Gasteiger charge is 2.18. The van der Waals surface area contributed by atoms with E-state index in [-0.39, 0.29) is 0 Å². The highest BCUT2D eigenvalue weighted by molar-refractivity contribution is 7.26. The first-order valence-electron chi connectivity index (χ1n) is 15.7. The van der Waals surface area contributed by atoms with E-state index in [9.17, 15) is 0 Å². The van der Waals surface area contributed by atoms with Crippen LogP contribution < -0.4 is 4.90 Å². The Bertz CT molecular complexity index is 2500. The zero-order chi connectivity index (χ0) is 30.5. The van der Waals surface area contributed by atoms with Crippen LogP contribution in [0, 0.1) is 0 Å². The molecule has 0 atom stereocenters. The molecule has 0 spiro atoms. The van der Waals surface area contributed by atoms with Crippen molar-refractivity contribution in [2.75, 3.05) is 4.90 Å². The number of benzene rings is 8. The standard InChI is InChI=1S/C44H29NS/c1-2-10-30(11-3-1)31-20-24-34(25-21-31)45(35-26-22-33(23-27-35)37-16-8-13-32-12-4-5-14-36(32)37)42-18-9-17-40-38(42)28-29-41-39-15-6-7-19-43(39)46-44(40)41/h1-29H. The van der Waals surface area contributed by atoms with Gasteiger partial charge in [0.2, 0.25) is 0 Å². The first-order valence-corrected chi connectivity index (χ1v) is 16.5. The number of hydrogen-bond acceptors (Lipinski definition) is 2. The van der Waals surface area contributed by atoms with Crippen molar-refractivity contribution in [3.8, 4) is 22.3 Å². The van der Waals surface area contributed by atoms with E-state index in [0.29, 0.717) is 0 Å². The van der Waals surface area contributed by atoms with Gasteiger partial charge in [-0.3, -0.25) is 0 Å². The number of nitrogens with zero attached hydrogens (tertiary/aromatic N) is 1. The molecular formula is C44H29NS. The zero-order valence-electron chi connectivity index (χ0n) is 25.1. The smallest absolute Gasteiger partial charge is 0.0540 e. The molecule has 46 heavy (non-hydrogen) atoms. The van der Waals surface area contributed by atoms with Crippen molar-refractivity contribution in [1.29, 1.82) is 0 Å². The zero-order valence-corrected chi connectivity index (χ0v) is 25.9. The first kappa shape index (κ1) is 26.7. The van der Waals surface area contributed by atoms with Crippen molar-refractivity contribution >= 4 is 70.1 Å². The van der Waals surface area contributed by atoms with Crippen molar-refractivity contribution < 1.29 is 0 Å². The topological polar surface area (TPSA) is 3.24 Å². The second-order valence-corrected chi connectivity index (χ2v) is 12.8. The second kappa shape index (κ2) is 11.0. The second-order valence-electron chi connectivity index (χ2n) is 11.7. The van der Waals surface area contributed by atoms with Crippen molar-refractivity contribution in [2.45, 2.75) is 0 Å². The van der Waals surface area contributed by atoms with Crippen LogP contribution in [-0.2, 0) is 0 Å². The maximum atomic E-state index is 2.41. The highest BCUT2D eigenvalue weighted by atomic mass is 32.1.